The molecule has 104 valence electrons. The van der Waals surface area contributed by atoms with E-state index in [0.717, 1.165) is 32.6 Å². The Morgan fingerprint density at radius 2 is 1.78 bits per heavy atom. The van der Waals surface area contributed by atoms with E-state index in [9.17, 15) is 4.79 Å². The summed E-state index contributed by atoms with van der Waals surface area (Å²) in [5.74, 6) is 0.332. The molecule has 2 saturated heterocycles. The molecular weight excluding hydrogens is 226 g/mol. The minimum atomic E-state index is 0.332. The fourth-order valence-corrected chi connectivity index (χ4v) is 3.20. The Morgan fingerprint density at radius 1 is 1.06 bits per heavy atom. The van der Waals surface area contributed by atoms with E-state index >= 15 is 0 Å². The van der Waals surface area contributed by atoms with Crippen molar-refractivity contribution in [3.63, 3.8) is 0 Å². The Bertz CT molecular complexity index is 262. The van der Waals surface area contributed by atoms with Gasteiger partial charge in [0.2, 0.25) is 5.91 Å². The summed E-state index contributed by atoms with van der Waals surface area (Å²) < 4.78 is 0. The first-order chi connectivity index (χ1) is 8.81. The van der Waals surface area contributed by atoms with E-state index in [-0.39, 0.29) is 0 Å². The zero-order valence-corrected chi connectivity index (χ0v) is 11.4. The van der Waals surface area contributed by atoms with Gasteiger partial charge in [0.25, 0.3) is 0 Å². The molecule has 0 bridgehead atoms. The van der Waals surface area contributed by atoms with Crippen molar-refractivity contribution in [2.45, 2.75) is 51.0 Å². The lowest BCUT2D eigenvalue weighted by Crippen LogP contribution is -2.48. The standard InChI is InChI=1S/C14H27N3O/c15-8-7-13-6-2-5-11-17(13)12-14(18)16-9-3-1-4-10-16/h13H,1-12,15H2. The van der Waals surface area contributed by atoms with Gasteiger partial charge in [0.15, 0.2) is 0 Å². The predicted octanol–water partition coefficient (Wildman–Crippen LogP) is 1.20. The highest BCUT2D eigenvalue weighted by Crippen LogP contribution is 2.19. The van der Waals surface area contributed by atoms with Crippen LogP contribution in [0.1, 0.15) is 44.9 Å². The normalized spacial score (nSPS) is 26.3. The van der Waals surface area contributed by atoms with Crippen LogP contribution in [-0.4, -0.2) is 54.5 Å². The van der Waals surface area contributed by atoms with E-state index in [2.05, 4.69) is 9.80 Å². The highest BCUT2D eigenvalue weighted by molar-refractivity contribution is 5.78. The molecule has 0 saturated carbocycles. The molecule has 4 nitrogen and oxygen atoms in total. The van der Waals surface area contributed by atoms with Crippen LogP contribution in [-0.2, 0) is 4.79 Å². The van der Waals surface area contributed by atoms with Crippen molar-refractivity contribution in [1.29, 1.82) is 0 Å². The predicted molar refractivity (Wildman–Crippen MR) is 73.3 cm³/mol. The number of nitrogens with zero attached hydrogens (tertiary/aromatic N) is 2. The zero-order chi connectivity index (χ0) is 12.8. The van der Waals surface area contributed by atoms with Gasteiger partial charge in [0, 0.05) is 19.1 Å². The van der Waals surface area contributed by atoms with Crippen LogP contribution in [0.15, 0.2) is 0 Å². The van der Waals surface area contributed by atoms with Gasteiger partial charge in [-0.05, 0) is 51.6 Å². The fraction of sp³-hybridized carbons (Fsp3) is 0.929. The Morgan fingerprint density at radius 3 is 2.50 bits per heavy atom. The molecule has 0 aliphatic carbocycles. The van der Waals surface area contributed by atoms with Gasteiger partial charge in [-0.2, -0.15) is 0 Å². The summed E-state index contributed by atoms with van der Waals surface area (Å²) in [5.41, 5.74) is 5.67. The van der Waals surface area contributed by atoms with Gasteiger partial charge in [-0.25, -0.2) is 0 Å². The average Bonchev–Trinajstić information content (AvgIpc) is 2.42. The van der Waals surface area contributed by atoms with E-state index in [1.165, 1.54) is 38.5 Å². The Kier molecular flexibility index (Phi) is 5.45. The van der Waals surface area contributed by atoms with E-state index < -0.39 is 0 Å². The second-order valence-corrected chi connectivity index (χ2v) is 5.64. The molecule has 2 aliphatic rings. The van der Waals surface area contributed by atoms with Crippen LogP contribution in [0.4, 0.5) is 0 Å². The van der Waals surface area contributed by atoms with Crippen LogP contribution < -0.4 is 5.73 Å². The molecule has 0 spiro atoms. The molecule has 0 aromatic heterocycles. The maximum absolute atomic E-state index is 12.3. The molecule has 2 rings (SSSR count). The quantitative estimate of drug-likeness (QED) is 0.819. The van der Waals surface area contributed by atoms with Crippen molar-refractivity contribution < 1.29 is 4.79 Å². The lowest BCUT2D eigenvalue weighted by Gasteiger charge is -2.37. The summed E-state index contributed by atoms with van der Waals surface area (Å²) in [6.45, 7) is 4.36. The minimum absolute atomic E-state index is 0.332. The maximum atomic E-state index is 12.3. The summed E-state index contributed by atoms with van der Waals surface area (Å²) >= 11 is 0. The molecule has 1 amide bonds. The number of hydrogen-bond acceptors (Lipinski definition) is 3. The lowest BCUT2D eigenvalue weighted by molar-refractivity contribution is -0.134. The van der Waals surface area contributed by atoms with Gasteiger partial charge >= 0.3 is 0 Å². The number of carbonyl (C=O) groups is 1. The lowest BCUT2D eigenvalue weighted by atomic mass is 9.99. The highest BCUT2D eigenvalue weighted by atomic mass is 16.2. The molecule has 4 heteroatoms. The first-order valence-corrected chi connectivity index (χ1v) is 7.53. The molecular formula is C14H27N3O. The summed E-state index contributed by atoms with van der Waals surface area (Å²) in [5, 5.41) is 0. The van der Waals surface area contributed by atoms with Gasteiger partial charge in [-0.1, -0.05) is 6.42 Å². The largest absolute Gasteiger partial charge is 0.342 e. The van der Waals surface area contributed by atoms with Crippen molar-refractivity contribution in [2.24, 2.45) is 5.73 Å². The van der Waals surface area contributed by atoms with Crippen molar-refractivity contribution >= 4 is 5.91 Å². The summed E-state index contributed by atoms with van der Waals surface area (Å²) in [4.78, 5) is 16.7. The number of hydrogen-bond donors (Lipinski definition) is 1. The second-order valence-electron chi connectivity index (χ2n) is 5.64. The Balaban J connectivity index is 1.83. The van der Waals surface area contributed by atoms with Crippen LogP contribution in [0.5, 0.6) is 0 Å². The van der Waals surface area contributed by atoms with E-state index in [1.54, 1.807) is 0 Å². The topological polar surface area (TPSA) is 49.6 Å². The number of rotatable bonds is 4. The maximum Gasteiger partial charge on any atom is 0.236 e. The number of piperidine rings is 2. The molecule has 1 unspecified atom stereocenters. The van der Waals surface area contributed by atoms with E-state index in [0.29, 0.717) is 18.5 Å². The monoisotopic (exact) mass is 253 g/mol. The van der Waals surface area contributed by atoms with Crippen LogP contribution in [0.25, 0.3) is 0 Å². The average molecular weight is 253 g/mol. The Labute approximate surface area is 110 Å². The molecule has 2 aliphatic heterocycles. The third-order valence-corrected chi connectivity index (χ3v) is 4.30. The first kappa shape index (κ1) is 13.8. The number of amides is 1. The van der Waals surface area contributed by atoms with Crippen molar-refractivity contribution in [3.05, 3.63) is 0 Å². The summed E-state index contributed by atoms with van der Waals surface area (Å²) in [6.07, 6.45) is 8.41. The summed E-state index contributed by atoms with van der Waals surface area (Å²) in [7, 11) is 0. The van der Waals surface area contributed by atoms with Crippen LogP contribution in [0, 0.1) is 0 Å². The molecule has 0 aromatic carbocycles. The molecule has 2 fully saturated rings. The Hall–Kier alpha value is -0.610. The van der Waals surface area contributed by atoms with Crippen LogP contribution >= 0.6 is 0 Å². The van der Waals surface area contributed by atoms with Gasteiger partial charge in [0.05, 0.1) is 6.54 Å². The smallest absolute Gasteiger partial charge is 0.236 e. The molecule has 0 radical (unpaired) electrons. The van der Waals surface area contributed by atoms with Gasteiger partial charge in [-0.3, -0.25) is 9.69 Å². The highest BCUT2D eigenvalue weighted by Gasteiger charge is 2.26. The molecule has 1 atom stereocenters. The molecule has 0 aromatic rings. The van der Waals surface area contributed by atoms with E-state index in [1.807, 2.05) is 0 Å². The first-order valence-electron chi connectivity index (χ1n) is 7.53. The third kappa shape index (κ3) is 3.69. The van der Waals surface area contributed by atoms with Crippen molar-refractivity contribution in [1.82, 2.24) is 9.80 Å². The van der Waals surface area contributed by atoms with Gasteiger partial charge < -0.3 is 10.6 Å². The second kappa shape index (κ2) is 7.10. The SMILES string of the molecule is NCCC1CCCCN1CC(=O)N1CCCCC1. The molecule has 2 N–H and O–H groups in total. The number of nitrogens with two attached hydrogens (primary N) is 1. The minimum Gasteiger partial charge on any atom is -0.342 e. The molecule has 2 heterocycles. The zero-order valence-electron chi connectivity index (χ0n) is 11.4. The van der Waals surface area contributed by atoms with Gasteiger partial charge in [-0.15, -0.1) is 0 Å². The van der Waals surface area contributed by atoms with Crippen molar-refractivity contribution in [3.8, 4) is 0 Å². The number of carbonyl (C=O) groups excluding carboxylic acids is 1. The third-order valence-electron chi connectivity index (χ3n) is 4.30. The molecule has 18 heavy (non-hydrogen) atoms. The van der Waals surface area contributed by atoms with Gasteiger partial charge in [0.1, 0.15) is 0 Å². The van der Waals surface area contributed by atoms with Crippen LogP contribution in [0.3, 0.4) is 0 Å². The van der Waals surface area contributed by atoms with E-state index in [4.69, 9.17) is 5.73 Å². The van der Waals surface area contributed by atoms with Crippen LogP contribution in [0.2, 0.25) is 0 Å². The summed E-state index contributed by atoms with van der Waals surface area (Å²) in [6, 6.07) is 0.539. The van der Waals surface area contributed by atoms with Crippen molar-refractivity contribution in [2.75, 3.05) is 32.7 Å². The number of likely N-dealkylation sites (tertiary alicyclic amines) is 2. The fourth-order valence-electron chi connectivity index (χ4n) is 3.20.